The maximum atomic E-state index is 12.1. The lowest BCUT2D eigenvalue weighted by Gasteiger charge is -2.30. The molecule has 106 valence electrons. The first-order valence-electron chi connectivity index (χ1n) is 6.40. The summed E-state index contributed by atoms with van der Waals surface area (Å²) in [5.41, 5.74) is 0. The van der Waals surface area contributed by atoms with Crippen molar-refractivity contribution in [2.45, 2.75) is 25.9 Å². The van der Waals surface area contributed by atoms with Gasteiger partial charge in [-0.25, -0.2) is 0 Å². The molecule has 0 spiro atoms. The van der Waals surface area contributed by atoms with E-state index in [9.17, 15) is 9.59 Å². The molecule has 1 rings (SSSR count). The van der Waals surface area contributed by atoms with Crippen LogP contribution in [-0.2, 0) is 14.3 Å². The van der Waals surface area contributed by atoms with Crippen LogP contribution in [0.5, 0.6) is 0 Å². The van der Waals surface area contributed by atoms with Gasteiger partial charge in [0.2, 0.25) is 11.8 Å². The van der Waals surface area contributed by atoms with E-state index in [0.717, 1.165) is 0 Å². The number of amides is 2. The number of ether oxygens (including phenoxy) is 1. The first-order valence-corrected chi connectivity index (χ1v) is 6.40. The predicted octanol–water partition coefficient (Wildman–Crippen LogP) is -1.04. The zero-order valence-corrected chi connectivity index (χ0v) is 11.4. The van der Waals surface area contributed by atoms with Gasteiger partial charge in [-0.1, -0.05) is 5.92 Å². The summed E-state index contributed by atoms with van der Waals surface area (Å²) in [5.74, 6) is 2.11. The lowest BCUT2D eigenvalue weighted by atomic mass is 10.2. The fourth-order valence-corrected chi connectivity index (χ4v) is 1.87. The summed E-state index contributed by atoms with van der Waals surface area (Å²) >= 11 is 0. The van der Waals surface area contributed by atoms with E-state index in [1.165, 1.54) is 0 Å². The molecule has 1 fully saturated rings. The lowest BCUT2D eigenvalue weighted by molar-refractivity contribution is -0.137. The van der Waals surface area contributed by atoms with Gasteiger partial charge in [-0.2, -0.15) is 0 Å². The Morgan fingerprint density at radius 3 is 2.53 bits per heavy atom. The minimum Gasteiger partial charge on any atom is -0.378 e. The van der Waals surface area contributed by atoms with Gasteiger partial charge in [0.05, 0.1) is 31.8 Å². The molecule has 2 unspecified atom stereocenters. The Hall–Kier alpha value is -1.58. The zero-order chi connectivity index (χ0) is 14.3. The van der Waals surface area contributed by atoms with Crippen LogP contribution in [0.3, 0.4) is 0 Å². The van der Waals surface area contributed by atoms with E-state index in [4.69, 9.17) is 11.2 Å². The Morgan fingerprint density at radius 1 is 1.32 bits per heavy atom. The highest BCUT2D eigenvalue weighted by atomic mass is 16.5. The van der Waals surface area contributed by atoms with Gasteiger partial charge in [0, 0.05) is 13.1 Å². The number of nitrogens with one attached hydrogen (secondary N) is 2. The number of morpholine rings is 1. The number of carbonyl (C=O) groups is 2. The minimum absolute atomic E-state index is 0.0140. The van der Waals surface area contributed by atoms with Crippen LogP contribution in [0.1, 0.15) is 13.8 Å². The second-order valence-electron chi connectivity index (χ2n) is 4.47. The van der Waals surface area contributed by atoms with Crippen molar-refractivity contribution in [3.8, 4) is 12.3 Å². The highest BCUT2D eigenvalue weighted by Crippen LogP contribution is 2.01. The monoisotopic (exact) mass is 267 g/mol. The smallest absolute Gasteiger partial charge is 0.239 e. The molecule has 0 aromatic carbocycles. The van der Waals surface area contributed by atoms with E-state index in [2.05, 4.69) is 16.6 Å². The van der Waals surface area contributed by atoms with Crippen molar-refractivity contribution in [1.29, 1.82) is 0 Å². The molecule has 0 aliphatic carbocycles. The summed E-state index contributed by atoms with van der Waals surface area (Å²) in [5, 5.41) is 5.55. The van der Waals surface area contributed by atoms with Crippen LogP contribution in [0, 0.1) is 12.3 Å². The predicted molar refractivity (Wildman–Crippen MR) is 71.3 cm³/mol. The Bertz CT molecular complexity index is 359. The van der Waals surface area contributed by atoms with E-state index in [0.29, 0.717) is 26.3 Å². The van der Waals surface area contributed by atoms with Gasteiger partial charge in [0.25, 0.3) is 0 Å². The molecule has 2 atom stereocenters. The topological polar surface area (TPSA) is 70.7 Å². The number of carbonyl (C=O) groups excluding carboxylic acids is 2. The van der Waals surface area contributed by atoms with E-state index < -0.39 is 12.1 Å². The fourth-order valence-electron chi connectivity index (χ4n) is 1.87. The average Bonchev–Trinajstić information content (AvgIpc) is 2.44. The van der Waals surface area contributed by atoms with Crippen molar-refractivity contribution in [3.63, 3.8) is 0 Å². The molecule has 2 N–H and O–H groups in total. The molecule has 0 bridgehead atoms. The van der Waals surface area contributed by atoms with Crippen LogP contribution in [-0.4, -0.2) is 61.6 Å². The number of rotatable bonds is 5. The number of terminal acetylenes is 1. The van der Waals surface area contributed by atoms with Crippen LogP contribution in [0.25, 0.3) is 0 Å². The summed E-state index contributed by atoms with van der Waals surface area (Å²) < 4.78 is 5.20. The fraction of sp³-hybridized carbons (Fsp3) is 0.692. The highest BCUT2D eigenvalue weighted by molar-refractivity contribution is 5.85. The van der Waals surface area contributed by atoms with Crippen molar-refractivity contribution in [2.75, 3.05) is 32.8 Å². The summed E-state index contributed by atoms with van der Waals surface area (Å²) in [4.78, 5) is 25.5. The largest absolute Gasteiger partial charge is 0.378 e. The van der Waals surface area contributed by atoms with Crippen LogP contribution < -0.4 is 10.6 Å². The molecule has 2 amide bonds. The van der Waals surface area contributed by atoms with E-state index >= 15 is 0 Å². The van der Waals surface area contributed by atoms with Gasteiger partial charge in [-0.05, 0) is 13.8 Å². The third-order valence-corrected chi connectivity index (χ3v) is 2.95. The van der Waals surface area contributed by atoms with Gasteiger partial charge in [-0.15, -0.1) is 6.42 Å². The molecule has 6 nitrogen and oxygen atoms in total. The molecule has 6 heteroatoms. The van der Waals surface area contributed by atoms with Gasteiger partial charge in [-0.3, -0.25) is 14.9 Å². The molecule has 0 saturated carbocycles. The van der Waals surface area contributed by atoms with Crippen molar-refractivity contribution in [1.82, 2.24) is 15.5 Å². The molecule has 1 heterocycles. The van der Waals surface area contributed by atoms with E-state index in [-0.39, 0.29) is 18.4 Å². The van der Waals surface area contributed by atoms with Gasteiger partial charge in [0.15, 0.2) is 0 Å². The van der Waals surface area contributed by atoms with Gasteiger partial charge in [0.1, 0.15) is 0 Å². The van der Waals surface area contributed by atoms with Crippen molar-refractivity contribution >= 4 is 11.8 Å². The lowest BCUT2D eigenvalue weighted by Crippen LogP contribution is -2.53. The van der Waals surface area contributed by atoms with Crippen LogP contribution >= 0.6 is 0 Å². The summed E-state index contributed by atoms with van der Waals surface area (Å²) in [6.45, 7) is 5.98. The normalized spacial score (nSPS) is 18.3. The first kappa shape index (κ1) is 15.5. The third-order valence-electron chi connectivity index (χ3n) is 2.95. The first-order chi connectivity index (χ1) is 9.06. The highest BCUT2D eigenvalue weighted by Gasteiger charge is 2.24. The Labute approximate surface area is 113 Å². The molecule has 19 heavy (non-hydrogen) atoms. The number of nitrogens with zero attached hydrogens (tertiary/aromatic N) is 1. The van der Waals surface area contributed by atoms with Crippen molar-refractivity contribution in [3.05, 3.63) is 0 Å². The average molecular weight is 267 g/mol. The molecule has 1 aliphatic heterocycles. The second-order valence-corrected chi connectivity index (χ2v) is 4.47. The molecule has 0 radical (unpaired) electrons. The molecule has 1 saturated heterocycles. The Balaban J connectivity index is 2.40. The Kier molecular flexibility index (Phi) is 6.33. The summed E-state index contributed by atoms with van der Waals surface area (Å²) in [6, 6.07) is -0.877. The molecule has 0 aromatic rings. The van der Waals surface area contributed by atoms with Crippen molar-refractivity contribution < 1.29 is 14.3 Å². The maximum Gasteiger partial charge on any atom is 0.239 e. The standard InChI is InChI=1S/C13H21N3O3/c1-4-5-14-12(17)10(2)15-11(3)13(18)16-6-8-19-9-7-16/h1,10-11,15H,5-9H2,2-3H3,(H,14,17). The second kappa shape index (κ2) is 7.77. The van der Waals surface area contributed by atoms with Gasteiger partial charge < -0.3 is 15.0 Å². The molecular formula is C13H21N3O3. The van der Waals surface area contributed by atoms with Crippen LogP contribution in [0.2, 0.25) is 0 Å². The van der Waals surface area contributed by atoms with Crippen LogP contribution in [0.4, 0.5) is 0 Å². The summed E-state index contributed by atoms with van der Waals surface area (Å²) in [6.07, 6.45) is 5.07. The van der Waals surface area contributed by atoms with E-state index in [1.54, 1.807) is 18.7 Å². The molecular weight excluding hydrogens is 246 g/mol. The number of hydrogen-bond donors (Lipinski definition) is 2. The maximum absolute atomic E-state index is 12.1. The zero-order valence-electron chi connectivity index (χ0n) is 11.4. The van der Waals surface area contributed by atoms with E-state index in [1.807, 2.05) is 0 Å². The molecule has 0 aromatic heterocycles. The minimum atomic E-state index is -0.464. The number of hydrogen-bond acceptors (Lipinski definition) is 4. The Morgan fingerprint density at radius 2 is 1.95 bits per heavy atom. The van der Waals surface area contributed by atoms with Crippen molar-refractivity contribution in [2.24, 2.45) is 0 Å². The quantitative estimate of drug-likeness (QED) is 0.624. The summed E-state index contributed by atoms with van der Waals surface area (Å²) in [7, 11) is 0. The SMILES string of the molecule is C#CCNC(=O)C(C)NC(C)C(=O)N1CCOCC1. The third kappa shape index (κ3) is 4.89. The van der Waals surface area contributed by atoms with Gasteiger partial charge >= 0.3 is 0 Å². The van der Waals surface area contributed by atoms with Crippen LogP contribution in [0.15, 0.2) is 0 Å². The molecule has 1 aliphatic rings.